The lowest BCUT2D eigenvalue weighted by Crippen LogP contribution is -2.33. The molecule has 102 valence electrons. The first-order chi connectivity index (χ1) is 8.54. The highest BCUT2D eigenvalue weighted by molar-refractivity contribution is 5.97. The van der Waals surface area contributed by atoms with Crippen LogP contribution in [0, 0.1) is 5.41 Å². The van der Waals surface area contributed by atoms with E-state index in [2.05, 4.69) is 10.5 Å². The molecule has 0 amide bonds. The zero-order valence-electron chi connectivity index (χ0n) is 11.5. The second-order valence-electron chi connectivity index (χ2n) is 4.06. The van der Waals surface area contributed by atoms with Crippen LogP contribution in [0.1, 0.15) is 27.2 Å². The van der Waals surface area contributed by atoms with E-state index in [1.54, 1.807) is 13.2 Å². The minimum Gasteiger partial charge on any atom is -0.411 e. The smallest absolute Gasteiger partial charge is 0.121 e. The second-order valence-corrected chi connectivity index (χ2v) is 4.06. The van der Waals surface area contributed by atoms with Crippen LogP contribution in [0.2, 0.25) is 0 Å². The third-order valence-electron chi connectivity index (χ3n) is 2.46. The summed E-state index contributed by atoms with van der Waals surface area (Å²) in [5.74, 6) is 0.365. The summed E-state index contributed by atoms with van der Waals surface area (Å²) < 4.78 is 4.99. The SMILES string of the molecule is C/C=C(/C=N\O)\C=C(/C)C(=N)NC(C)CCOC. The molecule has 0 saturated heterocycles. The van der Waals surface area contributed by atoms with Gasteiger partial charge >= 0.3 is 0 Å². The van der Waals surface area contributed by atoms with Gasteiger partial charge in [-0.1, -0.05) is 11.2 Å². The first kappa shape index (κ1) is 16.4. The molecule has 0 fully saturated rings. The fourth-order valence-electron chi connectivity index (χ4n) is 1.31. The lowest BCUT2D eigenvalue weighted by Gasteiger charge is -2.15. The predicted molar refractivity (Wildman–Crippen MR) is 74.6 cm³/mol. The molecule has 0 aliphatic rings. The van der Waals surface area contributed by atoms with Gasteiger partial charge in [0.05, 0.1) is 6.21 Å². The maximum absolute atomic E-state index is 8.48. The van der Waals surface area contributed by atoms with Crippen molar-refractivity contribution in [2.75, 3.05) is 13.7 Å². The van der Waals surface area contributed by atoms with Crippen LogP contribution in [0.3, 0.4) is 0 Å². The molecule has 0 aromatic carbocycles. The van der Waals surface area contributed by atoms with Gasteiger partial charge in [0.1, 0.15) is 5.84 Å². The molecule has 0 aromatic heterocycles. The number of nitrogens with one attached hydrogen (secondary N) is 2. The monoisotopic (exact) mass is 253 g/mol. The number of amidine groups is 1. The first-order valence-corrected chi connectivity index (χ1v) is 5.91. The van der Waals surface area contributed by atoms with Crippen LogP contribution in [0.15, 0.2) is 28.5 Å². The number of nitrogens with zero attached hydrogens (tertiary/aromatic N) is 1. The minimum absolute atomic E-state index is 0.182. The Labute approximate surface area is 109 Å². The van der Waals surface area contributed by atoms with E-state index in [-0.39, 0.29) is 6.04 Å². The Kier molecular flexibility index (Phi) is 8.57. The van der Waals surface area contributed by atoms with E-state index in [0.717, 1.165) is 17.6 Å². The maximum atomic E-state index is 8.48. The van der Waals surface area contributed by atoms with Crippen molar-refractivity contribution in [3.8, 4) is 0 Å². The summed E-state index contributed by atoms with van der Waals surface area (Å²) in [6.07, 6.45) is 5.79. The number of allylic oxidation sites excluding steroid dienone is 3. The minimum atomic E-state index is 0.182. The van der Waals surface area contributed by atoms with Gasteiger partial charge in [-0.05, 0) is 44.4 Å². The summed E-state index contributed by atoms with van der Waals surface area (Å²) in [7, 11) is 1.66. The highest BCUT2D eigenvalue weighted by atomic mass is 16.5. The fraction of sp³-hybridized carbons (Fsp3) is 0.538. The molecule has 5 nitrogen and oxygen atoms in total. The fourth-order valence-corrected chi connectivity index (χ4v) is 1.31. The van der Waals surface area contributed by atoms with Gasteiger partial charge in [0.15, 0.2) is 0 Å². The molecule has 0 aliphatic carbocycles. The number of methoxy groups -OCH3 is 1. The van der Waals surface area contributed by atoms with Crippen molar-refractivity contribution in [1.82, 2.24) is 5.32 Å². The van der Waals surface area contributed by atoms with Crippen LogP contribution in [-0.2, 0) is 4.74 Å². The molecule has 5 heteroatoms. The van der Waals surface area contributed by atoms with E-state index < -0.39 is 0 Å². The molecule has 0 aromatic rings. The number of ether oxygens (including phenoxy) is 1. The summed E-state index contributed by atoms with van der Waals surface area (Å²) in [6.45, 7) is 6.36. The second kappa shape index (κ2) is 9.41. The van der Waals surface area contributed by atoms with Gasteiger partial charge in [-0.2, -0.15) is 0 Å². The summed E-state index contributed by atoms with van der Waals surface area (Å²) in [5, 5.41) is 22.4. The molecular weight excluding hydrogens is 230 g/mol. The molecule has 1 atom stereocenters. The Morgan fingerprint density at radius 2 is 2.22 bits per heavy atom. The molecular formula is C13H23N3O2. The van der Waals surface area contributed by atoms with Crippen LogP contribution in [0.5, 0.6) is 0 Å². The molecule has 0 heterocycles. The summed E-state index contributed by atoms with van der Waals surface area (Å²) in [6, 6.07) is 0.182. The molecule has 0 spiro atoms. The van der Waals surface area contributed by atoms with Crippen molar-refractivity contribution in [2.24, 2.45) is 5.16 Å². The Hall–Kier alpha value is -1.62. The molecule has 18 heavy (non-hydrogen) atoms. The number of hydrogen-bond donors (Lipinski definition) is 3. The lowest BCUT2D eigenvalue weighted by atomic mass is 10.1. The Morgan fingerprint density at radius 1 is 1.56 bits per heavy atom. The van der Waals surface area contributed by atoms with Crippen molar-refractivity contribution in [2.45, 2.75) is 33.2 Å². The summed E-state index contributed by atoms with van der Waals surface area (Å²) >= 11 is 0. The average Bonchev–Trinajstić information content (AvgIpc) is 2.35. The Bertz CT molecular complexity index is 346. The standard InChI is InChI=1S/C13H23N3O2/c1-5-12(9-15-17)8-10(2)13(14)16-11(3)6-7-18-4/h5,8-9,11,17H,6-7H2,1-4H3,(H2,14,16)/b10-8+,12-5+,15-9-. The largest absolute Gasteiger partial charge is 0.411 e. The van der Waals surface area contributed by atoms with Gasteiger partial charge in [-0.3, -0.25) is 5.41 Å². The molecule has 0 radical (unpaired) electrons. The third kappa shape index (κ3) is 6.85. The van der Waals surface area contributed by atoms with Crippen molar-refractivity contribution in [3.05, 3.63) is 23.3 Å². The van der Waals surface area contributed by atoms with E-state index in [4.69, 9.17) is 15.4 Å². The van der Waals surface area contributed by atoms with E-state index >= 15 is 0 Å². The van der Waals surface area contributed by atoms with Crippen LogP contribution < -0.4 is 5.32 Å². The van der Waals surface area contributed by atoms with Crippen LogP contribution in [0.25, 0.3) is 0 Å². The van der Waals surface area contributed by atoms with Crippen LogP contribution in [-0.4, -0.2) is 37.0 Å². The molecule has 1 unspecified atom stereocenters. The predicted octanol–water partition coefficient (Wildman–Crippen LogP) is 2.33. The van der Waals surface area contributed by atoms with Crippen LogP contribution >= 0.6 is 0 Å². The quantitative estimate of drug-likeness (QED) is 0.214. The highest BCUT2D eigenvalue weighted by Crippen LogP contribution is 2.02. The lowest BCUT2D eigenvalue weighted by molar-refractivity contribution is 0.187. The number of hydrogen-bond acceptors (Lipinski definition) is 4. The summed E-state index contributed by atoms with van der Waals surface area (Å²) in [4.78, 5) is 0. The highest BCUT2D eigenvalue weighted by Gasteiger charge is 2.05. The van der Waals surface area contributed by atoms with Crippen molar-refractivity contribution < 1.29 is 9.94 Å². The van der Waals surface area contributed by atoms with E-state index in [0.29, 0.717) is 12.4 Å². The van der Waals surface area contributed by atoms with Crippen molar-refractivity contribution >= 4 is 12.1 Å². The Balaban J connectivity index is 4.45. The van der Waals surface area contributed by atoms with Crippen LogP contribution in [0.4, 0.5) is 0 Å². The van der Waals surface area contributed by atoms with E-state index in [1.165, 1.54) is 6.21 Å². The molecule has 0 bridgehead atoms. The van der Waals surface area contributed by atoms with Gasteiger partial charge in [0.25, 0.3) is 0 Å². The van der Waals surface area contributed by atoms with Crippen molar-refractivity contribution in [1.29, 1.82) is 5.41 Å². The first-order valence-electron chi connectivity index (χ1n) is 5.91. The number of oxime groups is 1. The average molecular weight is 253 g/mol. The maximum Gasteiger partial charge on any atom is 0.121 e. The van der Waals surface area contributed by atoms with Gasteiger partial charge in [0, 0.05) is 19.8 Å². The summed E-state index contributed by atoms with van der Waals surface area (Å²) in [5.41, 5.74) is 1.54. The van der Waals surface area contributed by atoms with E-state index in [1.807, 2.05) is 26.8 Å². The Morgan fingerprint density at radius 3 is 2.72 bits per heavy atom. The molecule has 0 rings (SSSR count). The third-order valence-corrected chi connectivity index (χ3v) is 2.46. The van der Waals surface area contributed by atoms with Crippen molar-refractivity contribution in [3.63, 3.8) is 0 Å². The normalized spacial score (nSPS) is 14.9. The van der Waals surface area contributed by atoms with E-state index in [9.17, 15) is 0 Å². The van der Waals surface area contributed by atoms with Gasteiger partial charge in [-0.15, -0.1) is 0 Å². The zero-order chi connectivity index (χ0) is 14.0. The molecule has 0 aliphatic heterocycles. The van der Waals surface area contributed by atoms with Gasteiger partial charge in [-0.25, -0.2) is 0 Å². The van der Waals surface area contributed by atoms with Gasteiger partial charge < -0.3 is 15.3 Å². The van der Waals surface area contributed by atoms with Gasteiger partial charge in [0.2, 0.25) is 0 Å². The topological polar surface area (TPSA) is 77.7 Å². The molecule has 3 N–H and O–H groups in total. The number of rotatable bonds is 7. The zero-order valence-corrected chi connectivity index (χ0v) is 11.5. The molecule has 0 saturated carbocycles.